The fourth-order valence-electron chi connectivity index (χ4n) is 5.12. The third-order valence-electron chi connectivity index (χ3n) is 6.71. The first-order chi connectivity index (χ1) is 16.3. The van der Waals surface area contributed by atoms with Crippen molar-refractivity contribution in [2.45, 2.75) is 43.9 Å². The molecular weight excluding hydrogens is 416 g/mol. The minimum Gasteiger partial charge on any atom is -0.491 e. The molecule has 4 aromatic rings. The molecule has 2 atom stereocenters. The van der Waals surface area contributed by atoms with E-state index in [0.29, 0.717) is 25.3 Å². The number of hydrogen-bond donors (Lipinski definition) is 1. The maximum absolute atomic E-state index is 6.52. The fourth-order valence-corrected chi connectivity index (χ4v) is 5.12. The molecule has 2 aliphatic rings. The molecule has 0 spiro atoms. The van der Waals surface area contributed by atoms with Crippen LogP contribution in [0.1, 0.15) is 25.7 Å². The summed E-state index contributed by atoms with van der Waals surface area (Å²) < 4.78 is 19.3. The predicted molar refractivity (Wildman–Crippen MR) is 127 cm³/mol. The van der Waals surface area contributed by atoms with E-state index in [-0.39, 0.29) is 6.10 Å². The Bertz CT molecular complexity index is 1280. The van der Waals surface area contributed by atoms with Crippen LogP contribution in [0.4, 0.5) is 0 Å². The van der Waals surface area contributed by atoms with E-state index in [4.69, 9.17) is 19.2 Å². The van der Waals surface area contributed by atoms with Crippen LogP contribution >= 0.6 is 0 Å². The zero-order chi connectivity index (χ0) is 22.2. The standard InChI is InChI=1S/C26H28N4O3/c1-31-11-12-32-20-9-10-30-23(16-27-25(30)15-20)22-8-5-17-3-2-4-24(26(17)29-22)33-21-13-18-6-7-19(14-21)28-18/h2-5,8-10,15-16,18-19,21,28H,6-7,11-14H2,1H3. The summed E-state index contributed by atoms with van der Waals surface area (Å²) in [5.74, 6) is 1.64. The molecular formula is C26H28N4O3. The van der Waals surface area contributed by atoms with E-state index in [1.165, 1.54) is 12.8 Å². The van der Waals surface area contributed by atoms with E-state index in [9.17, 15) is 0 Å². The maximum atomic E-state index is 6.52. The summed E-state index contributed by atoms with van der Waals surface area (Å²) in [6.07, 6.45) is 8.72. The summed E-state index contributed by atoms with van der Waals surface area (Å²) >= 11 is 0. The smallest absolute Gasteiger partial charge is 0.145 e. The maximum Gasteiger partial charge on any atom is 0.145 e. The first-order valence-corrected chi connectivity index (χ1v) is 11.7. The van der Waals surface area contributed by atoms with Crippen LogP contribution < -0.4 is 14.8 Å². The van der Waals surface area contributed by atoms with E-state index >= 15 is 0 Å². The summed E-state index contributed by atoms with van der Waals surface area (Å²) in [6, 6.07) is 15.4. The summed E-state index contributed by atoms with van der Waals surface area (Å²) in [5, 5.41) is 4.76. The molecule has 0 aliphatic carbocycles. The molecule has 6 rings (SSSR count). The number of imidazole rings is 1. The van der Waals surface area contributed by atoms with Gasteiger partial charge < -0.3 is 19.5 Å². The van der Waals surface area contributed by atoms with Crippen LogP contribution in [0.15, 0.2) is 54.9 Å². The van der Waals surface area contributed by atoms with Crippen molar-refractivity contribution in [3.63, 3.8) is 0 Å². The number of pyridine rings is 2. The van der Waals surface area contributed by atoms with E-state index in [1.54, 1.807) is 7.11 Å². The van der Waals surface area contributed by atoms with Gasteiger partial charge in [-0.15, -0.1) is 0 Å². The molecule has 0 saturated carbocycles. The van der Waals surface area contributed by atoms with Crippen LogP contribution in [0.3, 0.4) is 0 Å². The molecule has 1 N–H and O–H groups in total. The second kappa shape index (κ2) is 8.65. The van der Waals surface area contributed by atoms with Gasteiger partial charge >= 0.3 is 0 Å². The lowest BCUT2D eigenvalue weighted by atomic mass is 10.0. The average Bonchev–Trinajstić information content (AvgIpc) is 3.41. The Morgan fingerprint density at radius 2 is 1.94 bits per heavy atom. The number of hydrogen-bond acceptors (Lipinski definition) is 6. The van der Waals surface area contributed by atoms with Gasteiger partial charge in [0.25, 0.3) is 0 Å². The van der Waals surface area contributed by atoms with Crippen LogP contribution in [0.5, 0.6) is 11.5 Å². The highest BCUT2D eigenvalue weighted by atomic mass is 16.5. The number of nitrogens with one attached hydrogen (secondary N) is 1. The van der Waals surface area contributed by atoms with Gasteiger partial charge in [0, 0.05) is 36.8 Å². The molecule has 0 amide bonds. The van der Waals surface area contributed by atoms with Crippen molar-refractivity contribution in [1.82, 2.24) is 19.7 Å². The van der Waals surface area contributed by atoms with E-state index in [2.05, 4.69) is 22.4 Å². The molecule has 2 bridgehead atoms. The molecule has 33 heavy (non-hydrogen) atoms. The van der Waals surface area contributed by atoms with E-state index in [1.807, 2.05) is 47.1 Å². The zero-order valence-corrected chi connectivity index (χ0v) is 18.7. The molecule has 2 aliphatic heterocycles. The van der Waals surface area contributed by atoms with Crippen LogP contribution in [0.25, 0.3) is 27.9 Å². The van der Waals surface area contributed by atoms with E-state index in [0.717, 1.165) is 52.3 Å². The molecule has 170 valence electrons. The van der Waals surface area contributed by atoms with Crippen molar-refractivity contribution in [2.75, 3.05) is 20.3 Å². The normalized spacial score (nSPS) is 22.2. The Labute approximate surface area is 192 Å². The number of aromatic nitrogens is 3. The Kier molecular flexibility index (Phi) is 5.36. The van der Waals surface area contributed by atoms with Gasteiger partial charge in [0.2, 0.25) is 0 Å². The SMILES string of the molecule is COCCOc1ccn2c(-c3ccc4cccc(OC5CC6CCC(C5)N6)c4n3)cnc2c1. The third-order valence-corrected chi connectivity index (χ3v) is 6.71. The highest BCUT2D eigenvalue weighted by Crippen LogP contribution is 2.33. The van der Waals surface area contributed by atoms with Crippen LogP contribution in [0.2, 0.25) is 0 Å². The quantitative estimate of drug-likeness (QED) is 0.430. The van der Waals surface area contributed by atoms with Crippen LogP contribution in [-0.2, 0) is 4.74 Å². The first kappa shape index (κ1) is 20.4. The van der Waals surface area contributed by atoms with Gasteiger partial charge in [-0.25, -0.2) is 9.97 Å². The number of rotatable bonds is 7. The van der Waals surface area contributed by atoms with Crippen molar-refractivity contribution < 1.29 is 14.2 Å². The number of para-hydroxylation sites is 1. The largest absolute Gasteiger partial charge is 0.491 e. The second-order valence-electron chi connectivity index (χ2n) is 8.95. The fraction of sp³-hybridized carbons (Fsp3) is 0.385. The molecule has 1 aromatic carbocycles. The summed E-state index contributed by atoms with van der Waals surface area (Å²) in [4.78, 5) is 9.60. The van der Waals surface area contributed by atoms with Gasteiger partial charge in [-0.05, 0) is 43.9 Å². The minimum absolute atomic E-state index is 0.243. The number of ether oxygens (including phenoxy) is 3. The summed E-state index contributed by atoms with van der Waals surface area (Å²) in [5.41, 5.74) is 3.52. The first-order valence-electron chi connectivity index (χ1n) is 11.7. The van der Waals surface area contributed by atoms with Crippen molar-refractivity contribution in [3.8, 4) is 22.9 Å². The summed E-state index contributed by atoms with van der Waals surface area (Å²) in [6.45, 7) is 1.06. The van der Waals surface area contributed by atoms with Crippen molar-refractivity contribution in [2.24, 2.45) is 0 Å². The molecule has 0 radical (unpaired) electrons. The number of nitrogens with zero attached hydrogens (tertiary/aromatic N) is 3. The Morgan fingerprint density at radius 1 is 1.06 bits per heavy atom. The van der Waals surface area contributed by atoms with Gasteiger partial charge in [0.15, 0.2) is 0 Å². The van der Waals surface area contributed by atoms with E-state index < -0.39 is 0 Å². The van der Waals surface area contributed by atoms with Gasteiger partial charge in [-0.3, -0.25) is 4.40 Å². The van der Waals surface area contributed by atoms with Crippen molar-refractivity contribution >= 4 is 16.6 Å². The Morgan fingerprint density at radius 3 is 2.79 bits per heavy atom. The van der Waals surface area contributed by atoms with Gasteiger partial charge in [-0.2, -0.15) is 0 Å². The minimum atomic E-state index is 0.243. The topological polar surface area (TPSA) is 69.9 Å². The molecule has 3 aromatic heterocycles. The lowest BCUT2D eigenvalue weighted by Gasteiger charge is -2.29. The number of fused-ring (bicyclic) bond motifs is 4. The van der Waals surface area contributed by atoms with Gasteiger partial charge in [-0.1, -0.05) is 18.2 Å². The zero-order valence-electron chi connectivity index (χ0n) is 18.7. The van der Waals surface area contributed by atoms with Crippen molar-refractivity contribution in [3.05, 3.63) is 54.9 Å². The Balaban J connectivity index is 1.30. The molecule has 2 fully saturated rings. The van der Waals surface area contributed by atoms with Crippen LogP contribution in [0, 0.1) is 0 Å². The molecule has 2 saturated heterocycles. The van der Waals surface area contributed by atoms with Gasteiger partial charge in [0.1, 0.15) is 35.4 Å². The molecule has 2 unspecified atom stereocenters. The van der Waals surface area contributed by atoms with Crippen LogP contribution in [-0.4, -0.2) is 52.9 Å². The lowest BCUT2D eigenvalue weighted by Crippen LogP contribution is -2.42. The Hall–Kier alpha value is -3.16. The third kappa shape index (κ3) is 4.03. The second-order valence-corrected chi connectivity index (χ2v) is 8.95. The van der Waals surface area contributed by atoms with Gasteiger partial charge in [0.05, 0.1) is 24.2 Å². The summed E-state index contributed by atoms with van der Waals surface area (Å²) in [7, 11) is 1.66. The number of piperidine rings is 1. The number of methoxy groups -OCH3 is 1. The molecule has 7 nitrogen and oxygen atoms in total. The highest BCUT2D eigenvalue weighted by molar-refractivity contribution is 5.86. The average molecular weight is 445 g/mol. The molecule has 7 heteroatoms. The highest BCUT2D eigenvalue weighted by Gasteiger charge is 2.34. The monoisotopic (exact) mass is 444 g/mol. The number of benzene rings is 1. The lowest BCUT2D eigenvalue weighted by molar-refractivity contribution is 0.139. The molecule has 5 heterocycles. The predicted octanol–water partition coefficient (Wildman–Crippen LogP) is 4.24. The van der Waals surface area contributed by atoms with Crippen molar-refractivity contribution in [1.29, 1.82) is 0 Å².